The molecule has 5 nitrogen and oxygen atoms in total. The molecule has 5 heteroatoms. The molecule has 3 unspecified atom stereocenters. The van der Waals surface area contributed by atoms with E-state index in [4.69, 9.17) is 0 Å². The minimum absolute atomic E-state index is 0.0333. The second-order valence-electron chi connectivity index (χ2n) is 5.50. The molecule has 1 aliphatic carbocycles. The molecule has 3 atom stereocenters. The lowest BCUT2D eigenvalue weighted by molar-refractivity contribution is -0.128. The molecular weight excluding hydrogens is 218 g/mol. The second kappa shape index (κ2) is 4.55. The zero-order chi connectivity index (χ0) is 12.6. The van der Waals surface area contributed by atoms with Crippen LogP contribution in [0.5, 0.6) is 0 Å². The van der Waals surface area contributed by atoms with Crippen molar-refractivity contribution >= 4 is 11.9 Å². The standard InChI is InChI=1S/C12H21N3O2/c1-7(2)13-12(17)14-9-5-11(16)15(6-9)10-4-8(10)3/h7-10H,4-6H2,1-3H3,(H2,13,14,17). The number of nitrogens with zero attached hydrogens (tertiary/aromatic N) is 1. The first-order valence-electron chi connectivity index (χ1n) is 6.34. The summed E-state index contributed by atoms with van der Waals surface area (Å²) in [4.78, 5) is 25.2. The Morgan fingerprint density at radius 1 is 1.47 bits per heavy atom. The van der Waals surface area contributed by atoms with Crippen molar-refractivity contribution in [2.24, 2.45) is 5.92 Å². The first kappa shape index (κ1) is 12.2. The molecule has 2 N–H and O–H groups in total. The predicted molar refractivity (Wildman–Crippen MR) is 64.5 cm³/mol. The highest BCUT2D eigenvalue weighted by Gasteiger charge is 2.44. The van der Waals surface area contributed by atoms with Crippen molar-refractivity contribution in [2.75, 3.05) is 6.54 Å². The van der Waals surface area contributed by atoms with Crippen LogP contribution in [0.2, 0.25) is 0 Å². The lowest BCUT2D eigenvalue weighted by Gasteiger charge is -2.17. The van der Waals surface area contributed by atoms with Gasteiger partial charge in [0, 0.05) is 25.0 Å². The minimum Gasteiger partial charge on any atom is -0.337 e. The third-order valence-electron chi connectivity index (χ3n) is 3.38. The summed E-state index contributed by atoms with van der Waals surface area (Å²) in [5.41, 5.74) is 0. The lowest BCUT2D eigenvalue weighted by atomic mass is 10.2. The molecule has 3 amide bonds. The number of likely N-dealkylation sites (tertiary alicyclic amines) is 1. The van der Waals surface area contributed by atoms with Crippen LogP contribution in [0, 0.1) is 5.92 Å². The van der Waals surface area contributed by atoms with E-state index >= 15 is 0 Å². The van der Waals surface area contributed by atoms with Gasteiger partial charge in [-0.25, -0.2) is 4.79 Å². The van der Waals surface area contributed by atoms with Gasteiger partial charge in [0.15, 0.2) is 0 Å². The van der Waals surface area contributed by atoms with Crippen LogP contribution >= 0.6 is 0 Å². The molecule has 1 saturated carbocycles. The van der Waals surface area contributed by atoms with Gasteiger partial charge in [-0.05, 0) is 26.2 Å². The normalized spacial score (nSPS) is 31.9. The maximum absolute atomic E-state index is 11.8. The number of amides is 3. The van der Waals surface area contributed by atoms with Crippen molar-refractivity contribution in [3.8, 4) is 0 Å². The van der Waals surface area contributed by atoms with Gasteiger partial charge < -0.3 is 15.5 Å². The summed E-state index contributed by atoms with van der Waals surface area (Å²) < 4.78 is 0. The number of nitrogens with one attached hydrogen (secondary N) is 2. The fourth-order valence-electron chi connectivity index (χ4n) is 2.37. The predicted octanol–water partition coefficient (Wildman–Crippen LogP) is 0.703. The Morgan fingerprint density at radius 3 is 2.65 bits per heavy atom. The Kier molecular flexibility index (Phi) is 3.26. The summed E-state index contributed by atoms with van der Waals surface area (Å²) >= 11 is 0. The fourth-order valence-corrected chi connectivity index (χ4v) is 2.37. The Bertz CT molecular complexity index is 330. The van der Waals surface area contributed by atoms with E-state index in [2.05, 4.69) is 17.6 Å². The Hall–Kier alpha value is -1.26. The first-order chi connectivity index (χ1) is 7.97. The maximum atomic E-state index is 11.8. The molecule has 1 saturated heterocycles. The van der Waals surface area contributed by atoms with Gasteiger partial charge in [0.2, 0.25) is 5.91 Å². The monoisotopic (exact) mass is 239 g/mol. The third-order valence-corrected chi connectivity index (χ3v) is 3.38. The average Bonchev–Trinajstić information content (AvgIpc) is 2.78. The largest absolute Gasteiger partial charge is 0.337 e. The van der Waals surface area contributed by atoms with Crippen molar-refractivity contribution < 1.29 is 9.59 Å². The topological polar surface area (TPSA) is 61.4 Å². The van der Waals surface area contributed by atoms with Crippen LogP contribution in [-0.4, -0.2) is 41.5 Å². The van der Waals surface area contributed by atoms with Crippen molar-refractivity contribution in [1.82, 2.24) is 15.5 Å². The smallest absolute Gasteiger partial charge is 0.315 e. The third kappa shape index (κ3) is 2.90. The zero-order valence-corrected chi connectivity index (χ0v) is 10.7. The van der Waals surface area contributed by atoms with Crippen LogP contribution in [-0.2, 0) is 4.79 Å². The van der Waals surface area contributed by atoms with Crippen LogP contribution in [0.3, 0.4) is 0 Å². The van der Waals surface area contributed by atoms with E-state index in [9.17, 15) is 9.59 Å². The number of rotatable bonds is 3. The number of carbonyl (C=O) groups is 2. The van der Waals surface area contributed by atoms with Gasteiger partial charge in [-0.15, -0.1) is 0 Å². The molecule has 0 aromatic heterocycles. The summed E-state index contributed by atoms with van der Waals surface area (Å²) in [6.07, 6.45) is 1.55. The van der Waals surface area contributed by atoms with Gasteiger partial charge in [0.05, 0.1) is 6.04 Å². The quantitative estimate of drug-likeness (QED) is 0.761. The highest BCUT2D eigenvalue weighted by atomic mass is 16.2. The van der Waals surface area contributed by atoms with Crippen molar-refractivity contribution in [3.63, 3.8) is 0 Å². The Labute approximate surface area is 102 Å². The van der Waals surface area contributed by atoms with E-state index in [1.54, 1.807) is 0 Å². The van der Waals surface area contributed by atoms with Crippen molar-refractivity contribution in [1.29, 1.82) is 0 Å². The van der Waals surface area contributed by atoms with E-state index in [0.717, 1.165) is 6.42 Å². The van der Waals surface area contributed by atoms with E-state index < -0.39 is 0 Å². The van der Waals surface area contributed by atoms with Crippen LogP contribution in [0.25, 0.3) is 0 Å². The zero-order valence-electron chi connectivity index (χ0n) is 10.7. The van der Waals surface area contributed by atoms with Gasteiger partial charge >= 0.3 is 6.03 Å². The van der Waals surface area contributed by atoms with Gasteiger partial charge in [-0.2, -0.15) is 0 Å². The van der Waals surface area contributed by atoms with E-state index in [0.29, 0.717) is 24.9 Å². The van der Waals surface area contributed by atoms with E-state index in [1.807, 2.05) is 18.7 Å². The Morgan fingerprint density at radius 2 is 2.12 bits per heavy atom. The second-order valence-corrected chi connectivity index (χ2v) is 5.50. The maximum Gasteiger partial charge on any atom is 0.315 e. The fraction of sp³-hybridized carbons (Fsp3) is 0.833. The molecule has 96 valence electrons. The summed E-state index contributed by atoms with van der Waals surface area (Å²) in [6, 6.07) is 0.326. The van der Waals surface area contributed by atoms with Gasteiger partial charge in [-0.1, -0.05) is 6.92 Å². The summed E-state index contributed by atoms with van der Waals surface area (Å²) in [7, 11) is 0. The summed E-state index contributed by atoms with van der Waals surface area (Å²) in [5.74, 6) is 0.802. The van der Waals surface area contributed by atoms with Crippen molar-refractivity contribution in [3.05, 3.63) is 0 Å². The molecule has 0 aromatic rings. The molecule has 0 spiro atoms. The summed E-state index contributed by atoms with van der Waals surface area (Å²) in [5, 5.41) is 5.63. The lowest BCUT2D eigenvalue weighted by Crippen LogP contribution is -2.45. The Balaban J connectivity index is 1.80. The van der Waals surface area contributed by atoms with Crippen LogP contribution in [0.1, 0.15) is 33.6 Å². The van der Waals surface area contributed by atoms with Crippen LogP contribution in [0.15, 0.2) is 0 Å². The van der Waals surface area contributed by atoms with Crippen LogP contribution < -0.4 is 10.6 Å². The van der Waals surface area contributed by atoms with Gasteiger partial charge in [-0.3, -0.25) is 4.79 Å². The highest BCUT2D eigenvalue weighted by molar-refractivity contribution is 5.82. The molecule has 2 fully saturated rings. The van der Waals surface area contributed by atoms with E-state index in [-0.39, 0.29) is 24.0 Å². The molecular formula is C12H21N3O2. The molecule has 1 heterocycles. The molecule has 1 aliphatic heterocycles. The SMILES string of the molecule is CC(C)NC(=O)NC1CC(=O)N(C2CC2C)C1. The van der Waals surface area contributed by atoms with Crippen LogP contribution in [0.4, 0.5) is 4.79 Å². The molecule has 0 aromatic carbocycles. The molecule has 0 bridgehead atoms. The number of hydrogen-bond acceptors (Lipinski definition) is 2. The molecule has 0 radical (unpaired) electrons. The summed E-state index contributed by atoms with van der Waals surface area (Å²) in [6.45, 7) is 6.65. The van der Waals surface area contributed by atoms with Gasteiger partial charge in [0.25, 0.3) is 0 Å². The van der Waals surface area contributed by atoms with Gasteiger partial charge in [0.1, 0.15) is 0 Å². The minimum atomic E-state index is -0.177. The van der Waals surface area contributed by atoms with Crippen molar-refractivity contribution in [2.45, 2.75) is 51.7 Å². The highest BCUT2D eigenvalue weighted by Crippen LogP contribution is 2.37. The molecule has 2 rings (SSSR count). The number of urea groups is 1. The van der Waals surface area contributed by atoms with E-state index in [1.165, 1.54) is 0 Å². The first-order valence-corrected chi connectivity index (χ1v) is 6.34. The number of carbonyl (C=O) groups excluding carboxylic acids is 2. The molecule has 2 aliphatic rings. The average molecular weight is 239 g/mol. The number of hydrogen-bond donors (Lipinski definition) is 2. The molecule has 17 heavy (non-hydrogen) atoms.